The molecule has 1 aliphatic heterocycles. The van der Waals surface area contributed by atoms with E-state index < -0.39 is 0 Å². The lowest BCUT2D eigenvalue weighted by atomic mass is 10.3. The van der Waals surface area contributed by atoms with Crippen molar-refractivity contribution in [1.29, 1.82) is 0 Å². The minimum Gasteiger partial charge on any atom is -0.490 e. The van der Waals surface area contributed by atoms with Gasteiger partial charge in [0.25, 0.3) is 0 Å². The molecule has 0 saturated carbocycles. The second-order valence-corrected chi connectivity index (χ2v) is 5.97. The molecule has 5 nitrogen and oxygen atoms in total. The topological polar surface area (TPSA) is 62.3 Å². The third-order valence-electron chi connectivity index (χ3n) is 3.37. The van der Waals surface area contributed by atoms with Crippen molar-refractivity contribution in [2.75, 3.05) is 18.9 Å². The highest BCUT2D eigenvalue weighted by molar-refractivity contribution is 7.99. The van der Waals surface area contributed by atoms with Crippen molar-refractivity contribution in [1.82, 2.24) is 9.78 Å². The first kappa shape index (κ1) is 14.1. The van der Waals surface area contributed by atoms with Gasteiger partial charge < -0.3 is 15.2 Å². The fourth-order valence-electron chi connectivity index (χ4n) is 2.28. The highest BCUT2D eigenvalue weighted by Crippen LogP contribution is 2.38. The Balaban J connectivity index is 1.88. The Bertz CT molecular complexity index is 655. The van der Waals surface area contributed by atoms with Crippen LogP contribution in [-0.4, -0.2) is 23.0 Å². The summed E-state index contributed by atoms with van der Waals surface area (Å²) in [6, 6.07) is 5.98. The summed E-state index contributed by atoms with van der Waals surface area (Å²) in [5.74, 6) is 1.61. The van der Waals surface area contributed by atoms with Crippen LogP contribution in [0.5, 0.6) is 11.5 Å². The molecule has 0 saturated heterocycles. The van der Waals surface area contributed by atoms with Crippen molar-refractivity contribution < 1.29 is 9.47 Å². The van der Waals surface area contributed by atoms with Crippen LogP contribution in [0.15, 0.2) is 28.1 Å². The lowest BCUT2D eigenvalue weighted by Gasteiger charge is -2.09. The number of ether oxygens (including phenoxy) is 2. The Hall–Kier alpha value is -1.82. The molecule has 0 unspecified atom stereocenters. The average molecular weight is 305 g/mol. The van der Waals surface area contributed by atoms with Gasteiger partial charge in [-0.1, -0.05) is 18.7 Å². The minimum atomic E-state index is 0.689. The van der Waals surface area contributed by atoms with E-state index in [9.17, 15) is 0 Å². The highest BCUT2D eigenvalue weighted by Gasteiger charge is 2.15. The molecule has 6 heteroatoms. The third-order valence-corrected chi connectivity index (χ3v) is 4.54. The quantitative estimate of drug-likeness (QED) is 0.944. The second kappa shape index (κ2) is 5.89. The van der Waals surface area contributed by atoms with E-state index in [1.165, 1.54) is 0 Å². The molecule has 2 heterocycles. The van der Waals surface area contributed by atoms with Crippen LogP contribution in [-0.2, 0) is 13.5 Å². The number of nitrogen functional groups attached to an aromatic ring is 1. The maximum absolute atomic E-state index is 6.17. The standard InChI is InChI=1S/C15H19N3O2S/c1-3-11-14(16)15(18(2)17-11)21-10-5-6-12-13(9-10)20-8-4-7-19-12/h5-6,9H,3-4,7-8,16H2,1-2H3. The summed E-state index contributed by atoms with van der Waals surface area (Å²) < 4.78 is 13.2. The summed E-state index contributed by atoms with van der Waals surface area (Å²) in [4.78, 5) is 1.07. The smallest absolute Gasteiger partial charge is 0.162 e. The van der Waals surface area contributed by atoms with E-state index in [1.807, 2.05) is 29.9 Å². The highest BCUT2D eigenvalue weighted by atomic mass is 32.2. The van der Waals surface area contributed by atoms with Crippen molar-refractivity contribution in [3.8, 4) is 11.5 Å². The molecule has 112 valence electrons. The monoisotopic (exact) mass is 305 g/mol. The Morgan fingerprint density at radius 1 is 1.29 bits per heavy atom. The van der Waals surface area contributed by atoms with E-state index in [4.69, 9.17) is 15.2 Å². The van der Waals surface area contributed by atoms with Gasteiger partial charge in [-0.2, -0.15) is 5.10 Å². The molecule has 0 aliphatic carbocycles. The van der Waals surface area contributed by atoms with Crippen LogP contribution >= 0.6 is 11.8 Å². The number of aryl methyl sites for hydroxylation is 2. The number of anilines is 1. The van der Waals surface area contributed by atoms with E-state index >= 15 is 0 Å². The van der Waals surface area contributed by atoms with Gasteiger partial charge in [0.05, 0.1) is 24.6 Å². The number of hydrogen-bond donors (Lipinski definition) is 1. The van der Waals surface area contributed by atoms with Crippen molar-refractivity contribution in [2.24, 2.45) is 7.05 Å². The number of fused-ring (bicyclic) bond motifs is 1. The van der Waals surface area contributed by atoms with Crippen molar-refractivity contribution in [2.45, 2.75) is 29.7 Å². The van der Waals surface area contributed by atoms with Gasteiger partial charge in [-0.15, -0.1) is 0 Å². The van der Waals surface area contributed by atoms with E-state index in [2.05, 4.69) is 12.0 Å². The summed E-state index contributed by atoms with van der Waals surface area (Å²) in [6.45, 7) is 3.45. The Morgan fingerprint density at radius 3 is 2.76 bits per heavy atom. The van der Waals surface area contributed by atoms with E-state index in [0.717, 1.165) is 45.6 Å². The number of aromatic nitrogens is 2. The predicted molar refractivity (Wildman–Crippen MR) is 83.2 cm³/mol. The van der Waals surface area contributed by atoms with Crippen LogP contribution in [0.1, 0.15) is 19.0 Å². The van der Waals surface area contributed by atoms with Crippen LogP contribution in [0.4, 0.5) is 5.69 Å². The fraction of sp³-hybridized carbons (Fsp3) is 0.400. The van der Waals surface area contributed by atoms with Gasteiger partial charge in [-0.3, -0.25) is 4.68 Å². The number of nitrogens with zero attached hydrogens (tertiary/aromatic N) is 2. The summed E-state index contributed by atoms with van der Waals surface area (Å²) in [6.07, 6.45) is 1.74. The van der Waals surface area contributed by atoms with Crippen LogP contribution in [0.25, 0.3) is 0 Å². The van der Waals surface area contributed by atoms with Gasteiger partial charge in [0.15, 0.2) is 11.5 Å². The first-order valence-electron chi connectivity index (χ1n) is 7.08. The van der Waals surface area contributed by atoms with Gasteiger partial charge in [-0.25, -0.2) is 0 Å². The molecule has 0 amide bonds. The van der Waals surface area contributed by atoms with Crippen molar-refractivity contribution >= 4 is 17.4 Å². The summed E-state index contributed by atoms with van der Waals surface area (Å²) in [5.41, 5.74) is 7.87. The van der Waals surface area contributed by atoms with Gasteiger partial charge in [0.1, 0.15) is 5.03 Å². The Morgan fingerprint density at radius 2 is 2.05 bits per heavy atom. The maximum Gasteiger partial charge on any atom is 0.162 e. The fourth-order valence-corrected chi connectivity index (χ4v) is 3.21. The summed E-state index contributed by atoms with van der Waals surface area (Å²) in [7, 11) is 1.92. The average Bonchev–Trinajstić information content (AvgIpc) is 2.68. The Kier molecular flexibility index (Phi) is 3.96. The lowest BCUT2D eigenvalue weighted by Crippen LogP contribution is -1.97. The predicted octanol–water partition coefficient (Wildman–Crippen LogP) is 2.88. The maximum atomic E-state index is 6.17. The number of hydrogen-bond acceptors (Lipinski definition) is 5. The molecular weight excluding hydrogens is 286 g/mol. The molecule has 3 rings (SSSR count). The van der Waals surface area contributed by atoms with Gasteiger partial charge in [-0.05, 0) is 24.6 Å². The number of benzene rings is 1. The molecule has 0 spiro atoms. The van der Waals surface area contributed by atoms with Crippen molar-refractivity contribution in [3.05, 3.63) is 23.9 Å². The summed E-state index contributed by atoms with van der Waals surface area (Å²) in [5, 5.41) is 5.40. The molecule has 21 heavy (non-hydrogen) atoms. The minimum absolute atomic E-state index is 0.689. The van der Waals surface area contributed by atoms with E-state index in [-0.39, 0.29) is 0 Å². The van der Waals surface area contributed by atoms with E-state index in [0.29, 0.717) is 13.2 Å². The molecule has 1 aliphatic rings. The molecule has 2 aromatic rings. The zero-order valence-electron chi connectivity index (χ0n) is 12.3. The zero-order valence-corrected chi connectivity index (χ0v) is 13.1. The third kappa shape index (κ3) is 2.81. The van der Waals surface area contributed by atoms with E-state index in [1.54, 1.807) is 11.8 Å². The molecule has 0 radical (unpaired) electrons. The lowest BCUT2D eigenvalue weighted by molar-refractivity contribution is 0.297. The molecule has 0 bridgehead atoms. The van der Waals surface area contributed by atoms with Gasteiger partial charge in [0, 0.05) is 18.4 Å². The van der Waals surface area contributed by atoms with Crippen molar-refractivity contribution in [3.63, 3.8) is 0 Å². The van der Waals surface area contributed by atoms with Crippen LogP contribution in [0, 0.1) is 0 Å². The largest absolute Gasteiger partial charge is 0.490 e. The first-order chi connectivity index (χ1) is 10.2. The Labute approximate surface area is 128 Å². The molecule has 0 atom stereocenters. The molecule has 0 fully saturated rings. The molecule has 1 aromatic carbocycles. The van der Waals surface area contributed by atoms with Gasteiger partial charge in [0.2, 0.25) is 0 Å². The number of nitrogens with two attached hydrogens (primary N) is 1. The molecule has 1 aromatic heterocycles. The van der Waals surface area contributed by atoms with Crippen LogP contribution < -0.4 is 15.2 Å². The first-order valence-corrected chi connectivity index (χ1v) is 7.89. The molecule has 2 N–H and O–H groups in total. The summed E-state index contributed by atoms with van der Waals surface area (Å²) >= 11 is 1.60. The van der Waals surface area contributed by atoms with Crippen LogP contribution in [0.3, 0.4) is 0 Å². The van der Waals surface area contributed by atoms with Crippen LogP contribution in [0.2, 0.25) is 0 Å². The van der Waals surface area contributed by atoms with Gasteiger partial charge >= 0.3 is 0 Å². The SMILES string of the molecule is CCc1nn(C)c(Sc2ccc3c(c2)OCCCO3)c1N. The number of rotatable bonds is 3. The second-order valence-electron chi connectivity index (χ2n) is 4.90. The molecular formula is C15H19N3O2S. The normalized spacial score (nSPS) is 14.0. The zero-order chi connectivity index (χ0) is 14.8.